The van der Waals surface area contributed by atoms with Crippen LogP contribution < -0.4 is 10.0 Å². The number of aryl methyl sites for hydroxylation is 1. The Kier molecular flexibility index (Phi) is 6.66. The Morgan fingerprint density at radius 2 is 1.67 bits per heavy atom. The van der Waals surface area contributed by atoms with Crippen molar-refractivity contribution >= 4 is 33.2 Å². The third-order valence-electron chi connectivity index (χ3n) is 4.28. The summed E-state index contributed by atoms with van der Waals surface area (Å²) in [6.07, 6.45) is 0. The lowest BCUT2D eigenvalue weighted by molar-refractivity contribution is -0.138. The van der Waals surface area contributed by atoms with Crippen molar-refractivity contribution in [2.45, 2.75) is 17.9 Å². The van der Waals surface area contributed by atoms with Gasteiger partial charge in [-0.25, -0.2) is 8.42 Å². The summed E-state index contributed by atoms with van der Waals surface area (Å²) in [6.45, 7) is 1.60. The first-order valence-corrected chi connectivity index (χ1v) is 11.3. The van der Waals surface area contributed by atoms with Crippen LogP contribution >= 0.6 is 11.3 Å². The maximum absolute atomic E-state index is 12.4. The van der Waals surface area contributed by atoms with Crippen LogP contribution in [0.25, 0.3) is 10.4 Å². The molecule has 0 saturated heterocycles. The third kappa shape index (κ3) is 5.32. The van der Waals surface area contributed by atoms with Crippen molar-refractivity contribution in [1.29, 1.82) is 0 Å². The lowest BCUT2D eigenvalue weighted by Crippen LogP contribution is -2.48. The zero-order valence-electron chi connectivity index (χ0n) is 16.0. The van der Waals surface area contributed by atoms with E-state index < -0.39 is 34.5 Å². The molecule has 0 aliphatic heterocycles. The van der Waals surface area contributed by atoms with Crippen LogP contribution in [0.15, 0.2) is 71.6 Å². The van der Waals surface area contributed by atoms with Gasteiger partial charge in [0, 0.05) is 11.4 Å². The summed E-state index contributed by atoms with van der Waals surface area (Å²) in [7, 11) is -4.03. The van der Waals surface area contributed by atoms with Crippen LogP contribution in [-0.4, -0.2) is 38.0 Å². The molecule has 0 aliphatic carbocycles. The molecule has 1 amide bonds. The molecule has 0 aliphatic rings. The molecule has 1 unspecified atom stereocenters. The van der Waals surface area contributed by atoms with Crippen LogP contribution in [0, 0.1) is 6.92 Å². The molecule has 3 aromatic rings. The van der Waals surface area contributed by atoms with Crippen LogP contribution in [0.5, 0.6) is 0 Å². The fraction of sp³-hybridized carbons (Fsp3) is 0.143. The number of nitrogens with one attached hydrogen (secondary N) is 2. The van der Waals surface area contributed by atoms with E-state index in [0.29, 0.717) is 4.88 Å². The fourth-order valence-corrected chi connectivity index (χ4v) is 4.79. The van der Waals surface area contributed by atoms with Gasteiger partial charge in [-0.05, 0) is 36.8 Å². The second kappa shape index (κ2) is 9.21. The monoisotopic (exact) mass is 444 g/mol. The van der Waals surface area contributed by atoms with Gasteiger partial charge in [-0.1, -0.05) is 48.0 Å². The predicted molar refractivity (Wildman–Crippen MR) is 115 cm³/mol. The first-order chi connectivity index (χ1) is 14.3. The van der Waals surface area contributed by atoms with E-state index >= 15 is 0 Å². The number of carbonyl (C=O) groups is 2. The summed E-state index contributed by atoms with van der Waals surface area (Å²) < 4.78 is 26.8. The van der Waals surface area contributed by atoms with Gasteiger partial charge in [0.1, 0.15) is 6.04 Å². The Labute approximate surface area is 178 Å². The summed E-state index contributed by atoms with van der Waals surface area (Å²) in [5.74, 6) is -1.86. The number of amides is 1. The third-order valence-corrected chi connectivity index (χ3v) is 6.90. The van der Waals surface area contributed by atoms with Gasteiger partial charge in [0.2, 0.25) is 10.0 Å². The molecule has 9 heteroatoms. The van der Waals surface area contributed by atoms with E-state index in [1.165, 1.54) is 35.6 Å². The number of benzene rings is 2. The highest BCUT2D eigenvalue weighted by Crippen LogP contribution is 2.28. The largest absolute Gasteiger partial charge is 0.480 e. The molecule has 156 valence electrons. The minimum absolute atomic E-state index is 0.0522. The molecule has 3 N–H and O–H groups in total. The number of hydrogen-bond donors (Lipinski definition) is 3. The zero-order chi connectivity index (χ0) is 21.7. The average Bonchev–Trinajstić information content (AvgIpc) is 3.22. The summed E-state index contributed by atoms with van der Waals surface area (Å²) in [5, 5.41) is 11.9. The van der Waals surface area contributed by atoms with E-state index in [1.807, 2.05) is 37.3 Å². The number of hydrogen-bond acceptors (Lipinski definition) is 5. The van der Waals surface area contributed by atoms with Crippen molar-refractivity contribution in [3.8, 4) is 10.4 Å². The predicted octanol–water partition coefficient (Wildman–Crippen LogP) is 2.89. The highest BCUT2D eigenvalue weighted by atomic mass is 32.2. The molecular formula is C21H20N2O5S2. The number of rotatable bonds is 8. The van der Waals surface area contributed by atoms with Gasteiger partial charge in [-0.2, -0.15) is 4.72 Å². The lowest BCUT2D eigenvalue weighted by atomic mass is 10.1. The van der Waals surface area contributed by atoms with Gasteiger partial charge >= 0.3 is 5.97 Å². The van der Waals surface area contributed by atoms with E-state index in [4.69, 9.17) is 0 Å². The number of carboxylic acids is 1. The number of aliphatic carboxylic acids is 1. The number of sulfonamides is 1. The number of thiophene rings is 1. The molecule has 0 radical (unpaired) electrons. The Balaban J connectivity index is 1.66. The van der Waals surface area contributed by atoms with Crippen molar-refractivity contribution < 1.29 is 23.1 Å². The molecule has 0 fully saturated rings. The molecule has 1 atom stereocenters. The zero-order valence-corrected chi connectivity index (χ0v) is 17.7. The Morgan fingerprint density at radius 1 is 1.00 bits per heavy atom. The maximum Gasteiger partial charge on any atom is 0.323 e. The topological polar surface area (TPSA) is 113 Å². The smallest absolute Gasteiger partial charge is 0.323 e. The van der Waals surface area contributed by atoms with E-state index in [1.54, 1.807) is 12.1 Å². The quantitative estimate of drug-likeness (QED) is 0.495. The molecule has 7 nitrogen and oxygen atoms in total. The summed E-state index contributed by atoms with van der Waals surface area (Å²) >= 11 is 1.27. The van der Waals surface area contributed by atoms with Crippen LogP contribution in [-0.2, 0) is 14.8 Å². The Hall–Kier alpha value is -3.01. The van der Waals surface area contributed by atoms with Crippen LogP contribution in [0.1, 0.15) is 15.2 Å². The van der Waals surface area contributed by atoms with Gasteiger partial charge in [0.25, 0.3) is 5.91 Å². The SMILES string of the molecule is Cc1ccc(-c2ccc(C(=O)NCC(NS(=O)(=O)c3ccccc3)C(=O)O)s2)cc1. The summed E-state index contributed by atoms with van der Waals surface area (Å²) in [4.78, 5) is 25.2. The standard InChI is InChI=1S/C21H20N2O5S2/c1-14-7-9-15(10-8-14)18-11-12-19(29-18)20(24)22-13-17(21(25)26)23-30(27,28)16-5-3-2-4-6-16/h2-12,17,23H,13H2,1H3,(H,22,24)(H,25,26). The Bertz CT molecular complexity index is 1140. The van der Waals surface area contributed by atoms with Gasteiger partial charge in [0.05, 0.1) is 9.77 Å². The summed E-state index contributed by atoms with van der Waals surface area (Å²) in [5.41, 5.74) is 2.11. The molecule has 3 rings (SSSR count). The molecular weight excluding hydrogens is 424 g/mol. The molecule has 0 spiro atoms. The molecule has 0 bridgehead atoms. The van der Waals surface area contributed by atoms with Gasteiger partial charge in [-0.15, -0.1) is 11.3 Å². The number of carbonyl (C=O) groups excluding carboxylic acids is 1. The first kappa shape index (κ1) is 21.7. The molecule has 2 aromatic carbocycles. The normalized spacial score (nSPS) is 12.3. The van der Waals surface area contributed by atoms with E-state index in [-0.39, 0.29) is 4.90 Å². The lowest BCUT2D eigenvalue weighted by Gasteiger charge is -2.15. The fourth-order valence-electron chi connectivity index (χ4n) is 2.65. The van der Waals surface area contributed by atoms with Gasteiger partial charge in [-0.3, -0.25) is 9.59 Å². The van der Waals surface area contributed by atoms with Crippen LogP contribution in [0.4, 0.5) is 0 Å². The van der Waals surface area contributed by atoms with E-state index in [0.717, 1.165) is 16.0 Å². The molecule has 0 saturated carbocycles. The highest BCUT2D eigenvalue weighted by Gasteiger charge is 2.26. The Morgan fingerprint density at radius 3 is 2.30 bits per heavy atom. The second-order valence-electron chi connectivity index (χ2n) is 6.57. The average molecular weight is 445 g/mol. The van der Waals surface area contributed by atoms with Gasteiger partial charge < -0.3 is 10.4 Å². The van der Waals surface area contributed by atoms with E-state index in [9.17, 15) is 23.1 Å². The second-order valence-corrected chi connectivity index (χ2v) is 9.36. The molecule has 1 aromatic heterocycles. The molecule has 1 heterocycles. The van der Waals surface area contributed by atoms with Crippen molar-refractivity contribution in [3.63, 3.8) is 0 Å². The van der Waals surface area contributed by atoms with Crippen molar-refractivity contribution in [1.82, 2.24) is 10.0 Å². The van der Waals surface area contributed by atoms with Crippen molar-refractivity contribution in [2.75, 3.05) is 6.54 Å². The first-order valence-electron chi connectivity index (χ1n) is 9.01. The highest BCUT2D eigenvalue weighted by molar-refractivity contribution is 7.89. The van der Waals surface area contributed by atoms with Crippen LogP contribution in [0.3, 0.4) is 0 Å². The number of carboxylic acid groups (broad SMARTS) is 1. The minimum Gasteiger partial charge on any atom is -0.480 e. The van der Waals surface area contributed by atoms with Crippen molar-refractivity contribution in [2.24, 2.45) is 0 Å². The van der Waals surface area contributed by atoms with Crippen LogP contribution in [0.2, 0.25) is 0 Å². The molecule has 30 heavy (non-hydrogen) atoms. The van der Waals surface area contributed by atoms with E-state index in [2.05, 4.69) is 10.0 Å². The van der Waals surface area contributed by atoms with Gasteiger partial charge in [0.15, 0.2) is 0 Å². The summed E-state index contributed by atoms with van der Waals surface area (Å²) in [6, 6.07) is 17.3. The minimum atomic E-state index is -4.03. The maximum atomic E-state index is 12.4. The van der Waals surface area contributed by atoms with Crippen molar-refractivity contribution in [3.05, 3.63) is 77.2 Å².